The molecule has 0 aliphatic heterocycles. The number of imidazole rings is 1. The van der Waals surface area contributed by atoms with E-state index < -0.39 is 17.1 Å². The number of hydrogen-bond acceptors (Lipinski definition) is 9. The second-order valence-electron chi connectivity index (χ2n) is 11.6. The van der Waals surface area contributed by atoms with Gasteiger partial charge in [0.15, 0.2) is 11.5 Å². The normalized spacial score (nSPS) is 17.7. The molecule has 44 heavy (non-hydrogen) atoms. The fourth-order valence-electron chi connectivity index (χ4n) is 5.39. The van der Waals surface area contributed by atoms with E-state index in [1.165, 1.54) is 10.9 Å². The fraction of sp³-hybridized carbons (Fsp3) is 0.281. The van der Waals surface area contributed by atoms with Gasteiger partial charge in [-0.1, -0.05) is 12.1 Å². The molecule has 1 aromatic carbocycles. The standard InChI is InChI=1S/C32H32N8O4/c1-5-39(28(41)21-12-15-33-16-13-21)25-18-34-19-36-26(25)38-32(29(42)44-31(2,3)4)17-23(32)20-8-10-22(11-9-20)40-27-24(37-30(40)43)7-6-14-35-27/h6-16,18-19,23H,5,17H2,1-4H3,(H,37,43)(H,34,36,38). The van der Waals surface area contributed by atoms with Crippen LogP contribution in [0.5, 0.6) is 0 Å². The number of hydrogen-bond donors (Lipinski definition) is 2. The third kappa shape index (κ3) is 5.30. The Morgan fingerprint density at radius 3 is 2.52 bits per heavy atom. The van der Waals surface area contributed by atoms with Crippen LogP contribution in [0.2, 0.25) is 0 Å². The molecule has 4 heterocycles. The molecule has 4 aromatic heterocycles. The number of carbonyl (C=O) groups excluding carboxylic acids is 2. The maximum absolute atomic E-state index is 13.8. The maximum Gasteiger partial charge on any atom is 0.333 e. The lowest BCUT2D eigenvalue weighted by Gasteiger charge is -2.28. The molecule has 12 heteroatoms. The molecule has 0 radical (unpaired) electrons. The molecule has 1 aliphatic carbocycles. The molecule has 1 aliphatic rings. The van der Waals surface area contributed by atoms with Crippen LogP contribution in [0.25, 0.3) is 16.9 Å². The molecule has 1 fully saturated rings. The van der Waals surface area contributed by atoms with Gasteiger partial charge in [0.2, 0.25) is 0 Å². The summed E-state index contributed by atoms with van der Waals surface area (Å²) in [6.45, 7) is 7.66. The smallest absolute Gasteiger partial charge is 0.333 e. The average Bonchev–Trinajstić information content (AvgIpc) is 3.64. The van der Waals surface area contributed by atoms with Gasteiger partial charge in [-0.25, -0.2) is 29.1 Å². The second-order valence-corrected chi connectivity index (χ2v) is 11.6. The van der Waals surface area contributed by atoms with Crippen molar-refractivity contribution in [3.63, 3.8) is 0 Å². The third-order valence-electron chi connectivity index (χ3n) is 7.53. The number of esters is 1. The van der Waals surface area contributed by atoms with Crippen LogP contribution >= 0.6 is 0 Å². The summed E-state index contributed by atoms with van der Waals surface area (Å²) in [5, 5.41) is 3.36. The van der Waals surface area contributed by atoms with Gasteiger partial charge in [-0.05, 0) is 76.1 Å². The lowest BCUT2D eigenvalue weighted by molar-refractivity contribution is -0.157. The van der Waals surface area contributed by atoms with Crippen molar-refractivity contribution in [1.29, 1.82) is 0 Å². The van der Waals surface area contributed by atoms with Gasteiger partial charge >= 0.3 is 11.7 Å². The molecule has 1 amide bonds. The van der Waals surface area contributed by atoms with Crippen molar-refractivity contribution in [3.8, 4) is 5.69 Å². The van der Waals surface area contributed by atoms with Crippen LogP contribution in [0.1, 0.15) is 56.0 Å². The summed E-state index contributed by atoms with van der Waals surface area (Å²) >= 11 is 0. The first-order chi connectivity index (χ1) is 21.1. The Kier molecular flexibility index (Phi) is 7.20. The van der Waals surface area contributed by atoms with Crippen molar-refractivity contribution in [2.75, 3.05) is 16.8 Å². The maximum atomic E-state index is 13.8. The van der Waals surface area contributed by atoms with E-state index in [4.69, 9.17) is 4.74 Å². The number of anilines is 2. The number of nitrogens with one attached hydrogen (secondary N) is 2. The van der Waals surface area contributed by atoms with Crippen LogP contribution in [0.3, 0.4) is 0 Å². The molecule has 12 nitrogen and oxygen atoms in total. The van der Waals surface area contributed by atoms with E-state index in [0.717, 1.165) is 5.56 Å². The number of nitrogens with zero attached hydrogens (tertiary/aromatic N) is 6. The molecule has 1 saturated carbocycles. The van der Waals surface area contributed by atoms with Gasteiger partial charge in [0.1, 0.15) is 23.2 Å². The van der Waals surface area contributed by atoms with Gasteiger partial charge < -0.3 is 19.9 Å². The largest absolute Gasteiger partial charge is 0.458 e. The number of amides is 1. The third-order valence-corrected chi connectivity index (χ3v) is 7.53. The topological polar surface area (TPSA) is 148 Å². The average molecular weight is 593 g/mol. The summed E-state index contributed by atoms with van der Waals surface area (Å²) in [6.07, 6.45) is 8.12. The van der Waals surface area contributed by atoms with Gasteiger partial charge in [-0.3, -0.25) is 9.78 Å². The summed E-state index contributed by atoms with van der Waals surface area (Å²) in [6, 6.07) is 14.3. The van der Waals surface area contributed by atoms with Gasteiger partial charge in [0.05, 0.1) is 17.4 Å². The van der Waals surface area contributed by atoms with Crippen molar-refractivity contribution in [2.45, 2.75) is 51.2 Å². The number of rotatable bonds is 8. The van der Waals surface area contributed by atoms with Crippen LogP contribution < -0.4 is 15.9 Å². The van der Waals surface area contributed by atoms with Crippen LogP contribution in [0.4, 0.5) is 11.5 Å². The van der Waals surface area contributed by atoms with Gasteiger partial charge in [-0.15, -0.1) is 0 Å². The Bertz CT molecular complexity index is 1900. The van der Waals surface area contributed by atoms with Crippen molar-refractivity contribution in [2.24, 2.45) is 0 Å². The van der Waals surface area contributed by atoms with Gasteiger partial charge in [0.25, 0.3) is 5.91 Å². The van der Waals surface area contributed by atoms with E-state index in [0.29, 0.717) is 46.9 Å². The molecule has 0 saturated heterocycles. The number of aromatic nitrogens is 6. The first-order valence-electron chi connectivity index (χ1n) is 14.3. The van der Waals surface area contributed by atoms with Gasteiger partial charge in [0, 0.05) is 36.6 Å². The molecule has 0 spiro atoms. The summed E-state index contributed by atoms with van der Waals surface area (Å²) in [5.41, 5.74) is 1.43. The molecule has 0 bridgehead atoms. The van der Waals surface area contributed by atoms with E-state index in [-0.39, 0.29) is 17.5 Å². The lowest BCUT2D eigenvalue weighted by atomic mass is 10.0. The van der Waals surface area contributed by atoms with E-state index in [1.807, 2.05) is 52.0 Å². The molecule has 2 N–H and O–H groups in total. The second kappa shape index (κ2) is 11.0. The lowest BCUT2D eigenvalue weighted by Crippen LogP contribution is -2.41. The van der Waals surface area contributed by atoms with Crippen LogP contribution in [-0.2, 0) is 9.53 Å². The minimum atomic E-state index is -1.14. The molecule has 6 rings (SSSR count). The van der Waals surface area contributed by atoms with E-state index in [1.54, 1.807) is 54.0 Å². The van der Waals surface area contributed by atoms with Crippen molar-refractivity contribution in [3.05, 3.63) is 101 Å². The molecule has 224 valence electrons. The zero-order chi connectivity index (χ0) is 31.1. The Morgan fingerprint density at radius 2 is 1.82 bits per heavy atom. The zero-order valence-corrected chi connectivity index (χ0v) is 24.8. The molecule has 2 atom stereocenters. The monoisotopic (exact) mass is 592 g/mol. The Hall–Kier alpha value is -5.39. The number of benzene rings is 1. The fourth-order valence-corrected chi connectivity index (χ4v) is 5.39. The van der Waals surface area contributed by atoms with E-state index in [2.05, 4.69) is 30.2 Å². The number of H-pyrrole nitrogens is 1. The summed E-state index contributed by atoms with van der Waals surface area (Å²) in [4.78, 5) is 61.3. The Balaban J connectivity index is 1.34. The number of fused-ring (bicyclic) bond motifs is 1. The van der Waals surface area contributed by atoms with Crippen molar-refractivity contribution >= 4 is 34.5 Å². The predicted molar refractivity (Wildman–Crippen MR) is 165 cm³/mol. The van der Waals surface area contributed by atoms with E-state index in [9.17, 15) is 14.4 Å². The minimum absolute atomic E-state index is 0.246. The predicted octanol–water partition coefficient (Wildman–Crippen LogP) is 4.25. The summed E-state index contributed by atoms with van der Waals surface area (Å²) in [5.74, 6) is -0.600. The highest BCUT2D eigenvalue weighted by molar-refractivity contribution is 6.07. The molecule has 2 unspecified atom stereocenters. The van der Waals surface area contributed by atoms with E-state index >= 15 is 0 Å². The number of ether oxygens (including phenoxy) is 1. The highest BCUT2D eigenvalue weighted by Crippen LogP contribution is 2.55. The molecule has 5 aromatic rings. The van der Waals surface area contributed by atoms with Gasteiger partial charge in [-0.2, -0.15) is 0 Å². The first-order valence-corrected chi connectivity index (χ1v) is 14.3. The number of pyridine rings is 2. The first kappa shape index (κ1) is 28.7. The Labute approximate surface area is 253 Å². The van der Waals surface area contributed by atoms with Crippen LogP contribution in [0.15, 0.2) is 84.4 Å². The summed E-state index contributed by atoms with van der Waals surface area (Å²) in [7, 11) is 0. The minimum Gasteiger partial charge on any atom is -0.458 e. The number of aromatic amines is 1. The highest BCUT2D eigenvalue weighted by atomic mass is 16.6. The Morgan fingerprint density at radius 1 is 1.07 bits per heavy atom. The van der Waals surface area contributed by atoms with Crippen molar-refractivity contribution in [1.82, 2.24) is 29.5 Å². The van der Waals surface area contributed by atoms with Crippen LogP contribution in [0, 0.1) is 0 Å². The molecular weight excluding hydrogens is 560 g/mol. The summed E-state index contributed by atoms with van der Waals surface area (Å²) < 4.78 is 7.40. The zero-order valence-electron chi connectivity index (χ0n) is 24.8. The van der Waals surface area contributed by atoms with Crippen molar-refractivity contribution < 1.29 is 14.3 Å². The quantitative estimate of drug-likeness (QED) is 0.252. The highest BCUT2D eigenvalue weighted by Gasteiger charge is 2.63. The SMILES string of the molecule is CCN(C(=O)c1ccncc1)c1cncnc1NC1(C(=O)OC(C)(C)C)CC1c1ccc(-n2c(=O)[nH]c3cccnc32)cc1. The number of carbonyl (C=O) groups is 2. The molecular formula is C32H32N8O4. The van der Waals surface area contributed by atoms with Crippen LogP contribution in [-0.4, -0.2) is 59.0 Å².